The maximum absolute atomic E-state index is 5.40. The fourth-order valence-electron chi connectivity index (χ4n) is 4.48. The van der Waals surface area contributed by atoms with Gasteiger partial charge in [-0.3, -0.25) is 0 Å². The molecule has 1 atom stereocenters. The number of hydrogen-bond donors (Lipinski definition) is 0. The molecule has 4 rings (SSSR count). The molecule has 0 spiro atoms. The van der Waals surface area contributed by atoms with Crippen LogP contribution in [0.1, 0.15) is 35.6 Å². The van der Waals surface area contributed by atoms with E-state index in [0.29, 0.717) is 5.92 Å². The van der Waals surface area contributed by atoms with Gasteiger partial charge in [-0.15, -0.1) is 0 Å². The third kappa shape index (κ3) is 2.31. The van der Waals surface area contributed by atoms with Gasteiger partial charge in [0.25, 0.3) is 0 Å². The van der Waals surface area contributed by atoms with Gasteiger partial charge in [0.2, 0.25) is 0 Å². The monoisotopic (exact) mass is 316 g/mol. The van der Waals surface area contributed by atoms with E-state index in [1.807, 2.05) is 0 Å². The minimum atomic E-state index is -0.00401. The van der Waals surface area contributed by atoms with Crippen LogP contribution in [0.25, 0.3) is 0 Å². The summed E-state index contributed by atoms with van der Waals surface area (Å²) < 4.78 is 5.40. The fraction of sp³-hybridized carbons (Fsp3) is 0.304. The zero-order chi connectivity index (χ0) is 16.6. The summed E-state index contributed by atoms with van der Waals surface area (Å²) in [5.74, 6) is 1.42. The smallest absolute Gasteiger partial charge is 0.114 e. The van der Waals surface area contributed by atoms with Gasteiger partial charge in [-0.25, -0.2) is 0 Å². The Bertz CT molecular complexity index is 765. The number of aryl methyl sites for hydroxylation is 2. The van der Waals surface area contributed by atoms with E-state index in [1.165, 1.54) is 22.3 Å². The van der Waals surface area contributed by atoms with Crippen LogP contribution in [0.4, 0.5) is 0 Å². The molecule has 0 saturated heterocycles. The van der Waals surface area contributed by atoms with Gasteiger partial charge in [0, 0.05) is 5.41 Å². The predicted molar refractivity (Wildman–Crippen MR) is 99.1 cm³/mol. The Morgan fingerprint density at radius 1 is 0.917 bits per heavy atom. The Morgan fingerprint density at radius 2 is 1.50 bits per heavy atom. The Labute approximate surface area is 144 Å². The van der Waals surface area contributed by atoms with Crippen LogP contribution < -0.4 is 0 Å². The molecule has 0 radical (unpaired) electrons. The molecule has 2 aromatic rings. The van der Waals surface area contributed by atoms with Crippen LogP contribution in [-0.2, 0) is 23.0 Å². The van der Waals surface area contributed by atoms with Crippen LogP contribution in [0.15, 0.2) is 72.5 Å². The Balaban J connectivity index is 1.90. The van der Waals surface area contributed by atoms with Gasteiger partial charge < -0.3 is 4.74 Å². The molecule has 1 heteroatoms. The maximum Gasteiger partial charge on any atom is 0.114 e. The van der Waals surface area contributed by atoms with Crippen LogP contribution in [0, 0.1) is 5.92 Å². The zero-order valence-electron chi connectivity index (χ0n) is 14.5. The van der Waals surface area contributed by atoms with Crippen LogP contribution in [0.5, 0.6) is 0 Å². The molecule has 0 N–H and O–H groups in total. The lowest BCUT2D eigenvalue weighted by molar-refractivity contribution is 0.296. The van der Waals surface area contributed by atoms with Gasteiger partial charge in [-0.1, -0.05) is 61.5 Å². The molecule has 1 unspecified atom stereocenters. The molecule has 0 saturated carbocycles. The van der Waals surface area contributed by atoms with Crippen molar-refractivity contribution in [2.45, 2.75) is 31.6 Å². The van der Waals surface area contributed by atoms with Crippen LogP contribution in [-0.4, -0.2) is 7.11 Å². The van der Waals surface area contributed by atoms with E-state index in [2.05, 4.69) is 73.7 Å². The van der Waals surface area contributed by atoms with Crippen molar-refractivity contribution < 1.29 is 4.74 Å². The number of fused-ring (bicyclic) bond motifs is 2. The van der Waals surface area contributed by atoms with Crippen molar-refractivity contribution in [1.82, 2.24) is 0 Å². The first-order valence-corrected chi connectivity index (χ1v) is 8.82. The minimum absolute atomic E-state index is 0.00401. The number of benzene rings is 2. The second kappa shape index (κ2) is 5.98. The third-order valence-corrected chi connectivity index (χ3v) is 5.86. The summed E-state index contributed by atoms with van der Waals surface area (Å²) in [6, 6.07) is 18.0. The van der Waals surface area contributed by atoms with Crippen molar-refractivity contribution in [3.63, 3.8) is 0 Å². The lowest BCUT2D eigenvalue weighted by Gasteiger charge is -2.39. The number of hydrogen-bond acceptors (Lipinski definition) is 1. The lowest BCUT2D eigenvalue weighted by Crippen LogP contribution is -2.34. The van der Waals surface area contributed by atoms with E-state index < -0.39 is 0 Å². The highest BCUT2D eigenvalue weighted by atomic mass is 16.5. The third-order valence-electron chi connectivity index (χ3n) is 5.86. The topological polar surface area (TPSA) is 9.23 Å². The molecule has 122 valence electrons. The average molecular weight is 316 g/mol. The Hall–Kier alpha value is -2.28. The quantitative estimate of drug-likeness (QED) is 0.740. The van der Waals surface area contributed by atoms with Crippen LogP contribution in [0.3, 0.4) is 0 Å². The van der Waals surface area contributed by atoms with Gasteiger partial charge in [-0.05, 0) is 59.6 Å². The zero-order valence-corrected chi connectivity index (χ0v) is 14.5. The summed E-state index contributed by atoms with van der Waals surface area (Å²) in [4.78, 5) is 0. The highest BCUT2D eigenvalue weighted by Gasteiger charge is 2.40. The van der Waals surface area contributed by atoms with Gasteiger partial charge >= 0.3 is 0 Å². The summed E-state index contributed by atoms with van der Waals surface area (Å²) in [5.41, 5.74) is 5.95. The van der Waals surface area contributed by atoms with Crippen molar-refractivity contribution in [2.24, 2.45) is 5.92 Å². The Morgan fingerprint density at radius 3 is 2.00 bits per heavy atom. The highest BCUT2D eigenvalue weighted by molar-refractivity contribution is 5.51. The first-order valence-electron chi connectivity index (χ1n) is 8.82. The van der Waals surface area contributed by atoms with E-state index in [9.17, 15) is 0 Å². The first kappa shape index (κ1) is 15.3. The first-order chi connectivity index (χ1) is 11.7. The van der Waals surface area contributed by atoms with Crippen molar-refractivity contribution >= 4 is 0 Å². The van der Waals surface area contributed by atoms with Gasteiger partial charge in [0.1, 0.15) is 5.76 Å². The molecule has 2 aromatic carbocycles. The minimum Gasteiger partial charge on any atom is -0.497 e. The van der Waals surface area contributed by atoms with Gasteiger partial charge in [0.05, 0.1) is 7.11 Å². The second-order valence-electron chi connectivity index (χ2n) is 7.03. The van der Waals surface area contributed by atoms with Crippen LogP contribution >= 0.6 is 0 Å². The maximum atomic E-state index is 5.40. The summed E-state index contributed by atoms with van der Waals surface area (Å²) in [6.07, 6.45) is 9.97. The van der Waals surface area contributed by atoms with Gasteiger partial charge in [-0.2, -0.15) is 0 Å². The molecular formula is C23H24O. The normalized spacial score (nSPS) is 21.2. The molecule has 1 nitrogen and oxygen atoms in total. The van der Waals surface area contributed by atoms with Crippen molar-refractivity contribution in [3.05, 3.63) is 94.8 Å². The molecule has 2 aliphatic carbocycles. The molecule has 24 heavy (non-hydrogen) atoms. The van der Waals surface area contributed by atoms with Crippen LogP contribution in [0.2, 0.25) is 0 Å². The van der Waals surface area contributed by atoms with E-state index >= 15 is 0 Å². The molecule has 0 amide bonds. The summed E-state index contributed by atoms with van der Waals surface area (Å²) in [7, 11) is 1.74. The van der Waals surface area contributed by atoms with E-state index in [-0.39, 0.29) is 5.41 Å². The van der Waals surface area contributed by atoms with E-state index in [4.69, 9.17) is 4.74 Å². The van der Waals surface area contributed by atoms with Gasteiger partial charge in [0.15, 0.2) is 0 Å². The number of rotatable bonds is 2. The van der Waals surface area contributed by atoms with Crippen molar-refractivity contribution in [2.75, 3.05) is 7.11 Å². The average Bonchev–Trinajstić information content (AvgIpc) is 2.78. The molecule has 0 aromatic heterocycles. The molecular weight excluding hydrogens is 292 g/mol. The number of methoxy groups -OCH3 is 1. The summed E-state index contributed by atoms with van der Waals surface area (Å²) in [6.45, 7) is 2.43. The van der Waals surface area contributed by atoms with E-state index in [1.54, 1.807) is 7.11 Å². The van der Waals surface area contributed by atoms with Crippen molar-refractivity contribution in [3.8, 4) is 0 Å². The SMILES string of the molecule is COC1=CCC(C2(C)c3ccccc3CCc3ccccc32)C=C1. The standard InChI is InChI=1S/C23H24O/c1-23(19-13-15-20(24-2)16-14-19)21-9-5-3-7-17(21)11-12-18-8-4-6-10-22(18)23/h3-10,13,15-16,19H,11-12,14H2,1-2H3. The van der Waals surface area contributed by atoms with Crippen molar-refractivity contribution in [1.29, 1.82) is 0 Å². The largest absolute Gasteiger partial charge is 0.497 e. The summed E-state index contributed by atoms with van der Waals surface area (Å²) >= 11 is 0. The summed E-state index contributed by atoms with van der Waals surface area (Å²) in [5, 5.41) is 0. The van der Waals surface area contributed by atoms with E-state index in [0.717, 1.165) is 25.0 Å². The Kier molecular flexibility index (Phi) is 3.80. The second-order valence-corrected chi connectivity index (χ2v) is 7.03. The molecule has 0 aliphatic heterocycles. The lowest BCUT2D eigenvalue weighted by atomic mass is 9.64. The molecule has 2 aliphatic rings. The highest BCUT2D eigenvalue weighted by Crippen LogP contribution is 2.47. The number of allylic oxidation sites excluding steroid dienone is 3. The molecule has 0 heterocycles. The fourth-order valence-corrected chi connectivity index (χ4v) is 4.48. The molecule has 0 bridgehead atoms. The number of ether oxygens (including phenoxy) is 1. The molecule has 0 fully saturated rings. The predicted octanol–water partition coefficient (Wildman–Crippen LogP) is 5.20.